The Balaban J connectivity index is 0.00000176. The van der Waals surface area contributed by atoms with Crippen molar-refractivity contribution in [1.82, 2.24) is 10.6 Å². The third kappa shape index (κ3) is 3.58. The van der Waals surface area contributed by atoms with Crippen molar-refractivity contribution in [2.45, 2.75) is 50.0 Å². The number of amides is 1. The van der Waals surface area contributed by atoms with Gasteiger partial charge in [0.05, 0.1) is 5.41 Å². The second-order valence-corrected chi connectivity index (χ2v) is 6.75. The molecular weight excluding hydrogens is 319 g/mol. The summed E-state index contributed by atoms with van der Waals surface area (Å²) in [5, 5.41) is 7.28. The lowest BCUT2D eigenvalue weighted by Gasteiger charge is -2.37. The minimum absolute atomic E-state index is 0. The van der Waals surface area contributed by atoms with Crippen LogP contribution in [0.1, 0.15) is 44.1 Å². The second-order valence-electron chi connectivity index (χ2n) is 6.32. The first-order valence-electron chi connectivity index (χ1n) is 7.98. The van der Waals surface area contributed by atoms with Gasteiger partial charge in [0.2, 0.25) is 5.91 Å². The number of hydrogen-bond donors (Lipinski definition) is 2. The van der Waals surface area contributed by atoms with Crippen LogP contribution in [0.5, 0.6) is 0 Å². The van der Waals surface area contributed by atoms with E-state index in [1.54, 1.807) is 0 Å². The summed E-state index contributed by atoms with van der Waals surface area (Å²) in [5.74, 6) is 0.193. The standard InChI is InChI=1S/C17H23ClN2O.ClH/c18-14-6-4-5-13(11-14)17(8-2-1-3-9-17)16(21)20-15-7-10-19-12-15;/h4-6,11,15,19H,1-3,7-10,12H2,(H,20,21);1H. The lowest BCUT2D eigenvalue weighted by molar-refractivity contribution is -0.128. The zero-order valence-corrected chi connectivity index (χ0v) is 14.3. The summed E-state index contributed by atoms with van der Waals surface area (Å²) >= 11 is 6.16. The van der Waals surface area contributed by atoms with Crippen molar-refractivity contribution in [2.24, 2.45) is 0 Å². The van der Waals surface area contributed by atoms with Gasteiger partial charge in [-0.25, -0.2) is 0 Å². The first kappa shape index (κ1) is 17.6. The van der Waals surface area contributed by atoms with Gasteiger partial charge in [-0.05, 0) is 43.5 Å². The summed E-state index contributed by atoms with van der Waals surface area (Å²) in [7, 11) is 0. The Morgan fingerprint density at radius 3 is 2.68 bits per heavy atom. The maximum Gasteiger partial charge on any atom is 0.230 e. The molecule has 1 aromatic carbocycles. The molecule has 122 valence electrons. The first-order valence-corrected chi connectivity index (χ1v) is 8.36. The minimum Gasteiger partial charge on any atom is -0.351 e. The highest BCUT2D eigenvalue weighted by molar-refractivity contribution is 6.30. The highest BCUT2D eigenvalue weighted by atomic mass is 35.5. The molecule has 22 heavy (non-hydrogen) atoms. The molecule has 1 unspecified atom stereocenters. The molecule has 0 spiro atoms. The molecule has 1 aliphatic carbocycles. The third-order valence-corrected chi connectivity index (χ3v) is 5.15. The zero-order chi connectivity index (χ0) is 14.7. The Morgan fingerprint density at radius 2 is 2.05 bits per heavy atom. The van der Waals surface area contributed by atoms with E-state index in [4.69, 9.17) is 11.6 Å². The SMILES string of the molecule is Cl.O=C(NC1CCNC1)C1(c2cccc(Cl)c2)CCCCC1. The van der Waals surface area contributed by atoms with Crippen LogP contribution < -0.4 is 10.6 Å². The number of halogens is 2. The van der Waals surface area contributed by atoms with Gasteiger partial charge in [0.1, 0.15) is 0 Å². The number of carbonyl (C=O) groups is 1. The smallest absolute Gasteiger partial charge is 0.230 e. The molecule has 0 radical (unpaired) electrons. The highest BCUT2D eigenvalue weighted by Crippen LogP contribution is 2.40. The Morgan fingerprint density at radius 1 is 1.27 bits per heavy atom. The average molecular weight is 343 g/mol. The second kappa shape index (κ2) is 7.67. The molecule has 2 aliphatic rings. The van der Waals surface area contributed by atoms with Gasteiger partial charge in [-0.2, -0.15) is 0 Å². The van der Waals surface area contributed by atoms with Crippen LogP contribution in [0.4, 0.5) is 0 Å². The van der Waals surface area contributed by atoms with Crippen molar-refractivity contribution in [3.8, 4) is 0 Å². The normalized spacial score (nSPS) is 23.6. The van der Waals surface area contributed by atoms with E-state index in [1.807, 2.05) is 18.2 Å². The molecule has 3 rings (SSSR count). The molecule has 1 aliphatic heterocycles. The average Bonchev–Trinajstić information content (AvgIpc) is 3.01. The van der Waals surface area contributed by atoms with Gasteiger partial charge in [-0.15, -0.1) is 12.4 Å². The molecule has 2 fully saturated rings. The quantitative estimate of drug-likeness (QED) is 0.883. The van der Waals surface area contributed by atoms with Crippen LogP contribution in [0.2, 0.25) is 5.02 Å². The van der Waals surface area contributed by atoms with Crippen molar-refractivity contribution in [3.63, 3.8) is 0 Å². The summed E-state index contributed by atoms with van der Waals surface area (Å²) in [6.45, 7) is 1.88. The zero-order valence-electron chi connectivity index (χ0n) is 12.7. The molecule has 1 saturated heterocycles. The van der Waals surface area contributed by atoms with Crippen LogP contribution in [0.3, 0.4) is 0 Å². The molecule has 2 N–H and O–H groups in total. The van der Waals surface area contributed by atoms with Crippen LogP contribution in [0.25, 0.3) is 0 Å². The van der Waals surface area contributed by atoms with Crippen LogP contribution >= 0.6 is 24.0 Å². The number of benzene rings is 1. The fraction of sp³-hybridized carbons (Fsp3) is 0.588. The van der Waals surface area contributed by atoms with Gasteiger partial charge < -0.3 is 10.6 Å². The van der Waals surface area contributed by atoms with Gasteiger partial charge in [0.25, 0.3) is 0 Å². The van der Waals surface area contributed by atoms with E-state index in [-0.39, 0.29) is 29.8 Å². The summed E-state index contributed by atoms with van der Waals surface area (Å²) in [6, 6.07) is 8.14. The summed E-state index contributed by atoms with van der Waals surface area (Å²) in [6.07, 6.45) is 6.34. The van der Waals surface area contributed by atoms with E-state index >= 15 is 0 Å². The number of hydrogen-bond acceptors (Lipinski definition) is 2. The fourth-order valence-corrected chi connectivity index (χ4v) is 3.88. The maximum atomic E-state index is 13.0. The molecule has 1 amide bonds. The van der Waals surface area contributed by atoms with Gasteiger partial charge in [-0.3, -0.25) is 4.79 Å². The number of nitrogens with one attached hydrogen (secondary N) is 2. The monoisotopic (exact) mass is 342 g/mol. The van der Waals surface area contributed by atoms with E-state index in [0.29, 0.717) is 5.02 Å². The third-order valence-electron chi connectivity index (χ3n) is 4.91. The van der Waals surface area contributed by atoms with Crippen LogP contribution in [-0.4, -0.2) is 25.0 Å². The van der Waals surface area contributed by atoms with E-state index in [1.165, 1.54) is 6.42 Å². The molecule has 1 heterocycles. The first-order chi connectivity index (χ1) is 10.2. The summed E-state index contributed by atoms with van der Waals surface area (Å²) in [5.41, 5.74) is 0.698. The maximum absolute atomic E-state index is 13.0. The van der Waals surface area contributed by atoms with E-state index in [0.717, 1.165) is 50.8 Å². The van der Waals surface area contributed by atoms with Gasteiger partial charge in [0, 0.05) is 17.6 Å². The van der Waals surface area contributed by atoms with Crippen molar-refractivity contribution in [2.75, 3.05) is 13.1 Å². The molecule has 1 aromatic rings. The highest BCUT2D eigenvalue weighted by Gasteiger charge is 2.42. The Hall–Kier alpha value is -0.770. The fourth-order valence-electron chi connectivity index (χ4n) is 3.69. The Kier molecular flexibility index (Phi) is 6.13. The van der Waals surface area contributed by atoms with Crippen LogP contribution in [0.15, 0.2) is 24.3 Å². The van der Waals surface area contributed by atoms with E-state index in [2.05, 4.69) is 16.7 Å². The number of rotatable bonds is 3. The molecule has 0 aromatic heterocycles. The molecular formula is C17H24Cl2N2O. The molecule has 5 heteroatoms. The predicted molar refractivity (Wildman–Crippen MR) is 92.9 cm³/mol. The van der Waals surface area contributed by atoms with Gasteiger partial charge in [-0.1, -0.05) is 43.0 Å². The largest absolute Gasteiger partial charge is 0.351 e. The van der Waals surface area contributed by atoms with Crippen molar-refractivity contribution < 1.29 is 4.79 Å². The van der Waals surface area contributed by atoms with E-state index in [9.17, 15) is 4.79 Å². The van der Waals surface area contributed by atoms with Crippen molar-refractivity contribution in [1.29, 1.82) is 0 Å². The minimum atomic E-state index is -0.383. The predicted octanol–water partition coefficient (Wildman–Crippen LogP) is 3.44. The molecule has 1 atom stereocenters. The Labute approximate surface area is 143 Å². The molecule has 3 nitrogen and oxygen atoms in total. The number of carbonyl (C=O) groups excluding carboxylic acids is 1. The summed E-state index contributed by atoms with van der Waals surface area (Å²) in [4.78, 5) is 13.0. The Bertz CT molecular complexity index is 509. The lowest BCUT2D eigenvalue weighted by atomic mass is 9.68. The van der Waals surface area contributed by atoms with Gasteiger partial charge >= 0.3 is 0 Å². The molecule has 1 saturated carbocycles. The lowest BCUT2D eigenvalue weighted by Crippen LogP contribution is -2.49. The molecule has 0 bridgehead atoms. The van der Waals surface area contributed by atoms with Crippen molar-refractivity contribution in [3.05, 3.63) is 34.9 Å². The van der Waals surface area contributed by atoms with Gasteiger partial charge in [0.15, 0.2) is 0 Å². The summed E-state index contributed by atoms with van der Waals surface area (Å²) < 4.78 is 0. The topological polar surface area (TPSA) is 41.1 Å². The van der Waals surface area contributed by atoms with Crippen molar-refractivity contribution >= 4 is 29.9 Å². The van der Waals surface area contributed by atoms with E-state index < -0.39 is 0 Å². The van der Waals surface area contributed by atoms with Crippen LogP contribution in [-0.2, 0) is 10.2 Å². The van der Waals surface area contributed by atoms with Crippen LogP contribution in [0, 0.1) is 0 Å².